The number of aromatic nitrogens is 3. The monoisotopic (exact) mass is 162 g/mol. The third-order valence-electron chi connectivity index (χ3n) is 1.75. The first-order valence-electron chi connectivity index (χ1n) is 3.84. The molecule has 2 heterocycles. The summed E-state index contributed by atoms with van der Waals surface area (Å²) < 4.78 is 1.63. The lowest BCUT2D eigenvalue weighted by Gasteiger charge is -1.94. The molecular formula is C8H10N4. The highest BCUT2D eigenvalue weighted by atomic mass is 15.4. The lowest BCUT2D eigenvalue weighted by molar-refractivity contribution is 0.799. The summed E-state index contributed by atoms with van der Waals surface area (Å²) in [4.78, 5) is 0. The third-order valence-corrected chi connectivity index (χ3v) is 1.75. The molecule has 62 valence electrons. The summed E-state index contributed by atoms with van der Waals surface area (Å²) in [6, 6.07) is 3.92. The van der Waals surface area contributed by atoms with Crippen LogP contribution in [-0.2, 0) is 6.54 Å². The molecule has 0 amide bonds. The molecule has 2 aromatic heterocycles. The minimum absolute atomic E-state index is 0.829. The highest BCUT2D eigenvalue weighted by Crippen LogP contribution is 2.06. The Hall–Kier alpha value is -1.42. The first-order chi connectivity index (χ1) is 5.92. The van der Waals surface area contributed by atoms with Crippen LogP contribution in [-0.4, -0.2) is 21.9 Å². The molecule has 0 aromatic carbocycles. The van der Waals surface area contributed by atoms with Crippen molar-refractivity contribution in [3.05, 3.63) is 30.1 Å². The van der Waals surface area contributed by atoms with Gasteiger partial charge in [0, 0.05) is 18.3 Å². The van der Waals surface area contributed by atoms with Gasteiger partial charge in [0.1, 0.15) is 0 Å². The van der Waals surface area contributed by atoms with Crippen LogP contribution in [0, 0.1) is 0 Å². The molecule has 2 aromatic rings. The van der Waals surface area contributed by atoms with Crippen LogP contribution < -0.4 is 5.32 Å². The minimum Gasteiger partial charge on any atom is -0.316 e. The van der Waals surface area contributed by atoms with Crippen molar-refractivity contribution in [1.29, 1.82) is 0 Å². The maximum Gasteiger partial charge on any atom is 0.0918 e. The molecule has 0 saturated carbocycles. The Labute approximate surface area is 70.2 Å². The first kappa shape index (κ1) is 7.24. The van der Waals surface area contributed by atoms with Crippen LogP contribution >= 0.6 is 0 Å². The van der Waals surface area contributed by atoms with E-state index >= 15 is 0 Å². The lowest BCUT2D eigenvalue weighted by atomic mass is 10.3. The van der Waals surface area contributed by atoms with E-state index in [0.717, 1.165) is 12.1 Å². The summed E-state index contributed by atoms with van der Waals surface area (Å²) in [7, 11) is 1.92. The van der Waals surface area contributed by atoms with Gasteiger partial charge >= 0.3 is 0 Å². The second kappa shape index (κ2) is 2.91. The molecule has 0 aliphatic heterocycles. The summed E-state index contributed by atoms with van der Waals surface area (Å²) in [5.41, 5.74) is 2.23. The van der Waals surface area contributed by atoms with Crippen molar-refractivity contribution in [2.45, 2.75) is 6.54 Å². The van der Waals surface area contributed by atoms with Crippen LogP contribution in [0.25, 0.3) is 5.52 Å². The van der Waals surface area contributed by atoms with Crippen molar-refractivity contribution in [2.24, 2.45) is 0 Å². The van der Waals surface area contributed by atoms with E-state index < -0.39 is 0 Å². The van der Waals surface area contributed by atoms with Crippen LogP contribution in [0.3, 0.4) is 0 Å². The Bertz CT molecular complexity index is 379. The predicted molar refractivity (Wildman–Crippen MR) is 45.8 cm³/mol. The van der Waals surface area contributed by atoms with Crippen LogP contribution in [0.4, 0.5) is 0 Å². The topological polar surface area (TPSA) is 42.2 Å². The molecule has 4 heteroatoms. The molecule has 4 nitrogen and oxygen atoms in total. The number of rotatable bonds is 2. The van der Waals surface area contributed by atoms with E-state index in [4.69, 9.17) is 0 Å². The molecule has 0 spiro atoms. The Morgan fingerprint density at radius 3 is 3.25 bits per heavy atom. The molecule has 0 bridgehead atoms. The van der Waals surface area contributed by atoms with E-state index in [1.807, 2.05) is 25.4 Å². The molecular weight excluding hydrogens is 152 g/mol. The summed E-state index contributed by atoms with van der Waals surface area (Å²) in [5, 5.41) is 11.2. The SMILES string of the molecule is CNCc1cnn2ncccc12. The first-order valence-corrected chi connectivity index (χ1v) is 3.84. The predicted octanol–water partition coefficient (Wildman–Crippen LogP) is 0.449. The zero-order valence-electron chi connectivity index (χ0n) is 6.86. The van der Waals surface area contributed by atoms with Crippen molar-refractivity contribution in [3.8, 4) is 0 Å². The summed E-state index contributed by atoms with van der Waals surface area (Å²) in [5.74, 6) is 0. The standard InChI is InChI=1S/C8H10N4/c1-9-5-7-6-11-12-8(7)3-2-4-10-12/h2-4,6,9H,5H2,1H3. The van der Waals surface area contributed by atoms with Gasteiger partial charge in [-0.1, -0.05) is 0 Å². The quantitative estimate of drug-likeness (QED) is 0.697. The maximum absolute atomic E-state index is 4.10. The Morgan fingerprint density at radius 1 is 1.50 bits per heavy atom. The fourth-order valence-electron chi connectivity index (χ4n) is 1.21. The Kier molecular flexibility index (Phi) is 1.75. The average molecular weight is 162 g/mol. The second-order valence-electron chi connectivity index (χ2n) is 2.60. The van der Waals surface area contributed by atoms with Crippen molar-refractivity contribution < 1.29 is 0 Å². The summed E-state index contributed by atoms with van der Waals surface area (Å²) in [6.45, 7) is 0.829. The molecule has 2 rings (SSSR count). The number of fused-ring (bicyclic) bond motifs is 1. The maximum atomic E-state index is 4.10. The van der Waals surface area contributed by atoms with Crippen molar-refractivity contribution in [2.75, 3.05) is 7.05 Å². The number of hydrogen-bond acceptors (Lipinski definition) is 3. The van der Waals surface area contributed by atoms with Crippen LogP contribution in [0.5, 0.6) is 0 Å². The van der Waals surface area contributed by atoms with E-state index in [2.05, 4.69) is 15.5 Å². The average Bonchev–Trinajstić information content (AvgIpc) is 2.50. The number of hydrogen-bond donors (Lipinski definition) is 1. The molecule has 0 radical (unpaired) electrons. The molecule has 0 atom stereocenters. The molecule has 1 N–H and O–H groups in total. The van der Waals surface area contributed by atoms with E-state index in [9.17, 15) is 0 Å². The highest BCUT2D eigenvalue weighted by Gasteiger charge is 2.00. The molecule has 0 saturated heterocycles. The Morgan fingerprint density at radius 2 is 2.42 bits per heavy atom. The smallest absolute Gasteiger partial charge is 0.0918 e. The zero-order chi connectivity index (χ0) is 8.39. The van der Waals surface area contributed by atoms with Crippen molar-refractivity contribution >= 4 is 5.52 Å². The fraction of sp³-hybridized carbons (Fsp3) is 0.250. The van der Waals surface area contributed by atoms with Crippen LogP contribution in [0.15, 0.2) is 24.5 Å². The molecule has 12 heavy (non-hydrogen) atoms. The Balaban J connectivity index is 2.55. The normalized spacial score (nSPS) is 10.8. The van der Waals surface area contributed by atoms with Gasteiger partial charge in [-0.25, -0.2) is 0 Å². The van der Waals surface area contributed by atoms with Gasteiger partial charge in [-0.2, -0.15) is 14.8 Å². The second-order valence-corrected chi connectivity index (χ2v) is 2.60. The van der Waals surface area contributed by atoms with Gasteiger partial charge in [0.05, 0.1) is 11.7 Å². The van der Waals surface area contributed by atoms with E-state index in [0.29, 0.717) is 0 Å². The lowest BCUT2D eigenvalue weighted by Crippen LogP contribution is -2.04. The van der Waals surface area contributed by atoms with E-state index in [1.54, 1.807) is 10.8 Å². The number of nitrogens with zero attached hydrogens (tertiary/aromatic N) is 3. The van der Waals surface area contributed by atoms with Gasteiger partial charge in [0.25, 0.3) is 0 Å². The fourth-order valence-corrected chi connectivity index (χ4v) is 1.21. The summed E-state index contributed by atoms with van der Waals surface area (Å²) in [6.07, 6.45) is 3.56. The van der Waals surface area contributed by atoms with Crippen LogP contribution in [0.1, 0.15) is 5.56 Å². The van der Waals surface area contributed by atoms with Gasteiger partial charge in [-0.15, -0.1) is 0 Å². The van der Waals surface area contributed by atoms with Crippen molar-refractivity contribution in [3.63, 3.8) is 0 Å². The van der Waals surface area contributed by atoms with Gasteiger partial charge in [0.2, 0.25) is 0 Å². The molecule has 0 aliphatic carbocycles. The van der Waals surface area contributed by atoms with Crippen molar-refractivity contribution in [1.82, 2.24) is 20.1 Å². The van der Waals surface area contributed by atoms with Gasteiger partial charge in [-0.05, 0) is 19.2 Å². The molecule has 0 unspecified atom stereocenters. The van der Waals surface area contributed by atoms with E-state index in [-0.39, 0.29) is 0 Å². The van der Waals surface area contributed by atoms with Gasteiger partial charge < -0.3 is 5.32 Å². The molecule has 0 fully saturated rings. The molecule has 0 aliphatic rings. The minimum atomic E-state index is 0.829. The van der Waals surface area contributed by atoms with Gasteiger partial charge in [0.15, 0.2) is 0 Å². The largest absolute Gasteiger partial charge is 0.316 e. The zero-order valence-corrected chi connectivity index (χ0v) is 6.86. The third kappa shape index (κ3) is 1.06. The summed E-state index contributed by atoms with van der Waals surface area (Å²) >= 11 is 0. The highest BCUT2D eigenvalue weighted by molar-refractivity contribution is 5.51. The van der Waals surface area contributed by atoms with E-state index in [1.165, 1.54) is 5.56 Å². The number of nitrogens with one attached hydrogen (secondary N) is 1. The van der Waals surface area contributed by atoms with Crippen LogP contribution in [0.2, 0.25) is 0 Å². The van der Waals surface area contributed by atoms with Gasteiger partial charge in [-0.3, -0.25) is 0 Å².